The fourth-order valence-corrected chi connectivity index (χ4v) is 4.65. The number of rotatable bonds is 5. The highest BCUT2D eigenvalue weighted by molar-refractivity contribution is 4.97. The van der Waals surface area contributed by atoms with Gasteiger partial charge in [-0.3, -0.25) is 0 Å². The molecule has 0 bridgehead atoms. The largest absolute Gasteiger partial charge is 0.374 e. The third kappa shape index (κ3) is 3.76. The zero-order valence-corrected chi connectivity index (χ0v) is 13.7. The second kappa shape index (κ2) is 7.79. The van der Waals surface area contributed by atoms with E-state index >= 15 is 0 Å². The minimum absolute atomic E-state index is 0.00838. The smallest absolute Gasteiger partial charge is 0.0835 e. The molecular weight excluding hydrogens is 246 g/mol. The Morgan fingerprint density at radius 2 is 1.75 bits per heavy atom. The summed E-state index contributed by atoms with van der Waals surface area (Å²) in [5.74, 6) is 1.60. The molecule has 0 aromatic heterocycles. The quantitative estimate of drug-likeness (QED) is 0.744. The fraction of sp³-hybridized carbons (Fsp3) is 1.00. The van der Waals surface area contributed by atoms with Gasteiger partial charge in [0.05, 0.1) is 5.60 Å². The first kappa shape index (κ1) is 16.3. The predicted octanol–water partition coefficient (Wildman–Crippen LogP) is 4.66. The van der Waals surface area contributed by atoms with E-state index in [4.69, 9.17) is 10.5 Å². The van der Waals surface area contributed by atoms with Crippen LogP contribution in [0.15, 0.2) is 0 Å². The van der Waals surface area contributed by atoms with Gasteiger partial charge < -0.3 is 10.5 Å². The van der Waals surface area contributed by atoms with Gasteiger partial charge in [-0.15, -0.1) is 0 Å². The summed E-state index contributed by atoms with van der Waals surface area (Å²) < 4.78 is 6.31. The summed E-state index contributed by atoms with van der Waals surface area (Å²) in [5, 5.41) is 0. The van der Waals surface area contributed by atoms with Crippen molar-refractivity contribution < 1.29 is 4.74 Å². The molecule has 2 N–H and O–H groups in total. The van der Waals surface area contributed by atoms with Crippen LogP contribution in [0.5, 0.6) is 0 Å². The van der Waals surface area contributed by atoms with E-state index in [0.29, 0.717) is 5.92 Å². The molecule has 2 heteroatoms. The first-order chi connectivity index (χ1) is 9.72. The maximum atomic E-state index is 6.81. The van der Waals surface area contributed by atoms with E-state index in [1.54, 1.807) is 0 Å². The Morgan fingerprint density at radius 1 is 1.05 bits per heavy atom. The summed E-state index contributed by atoms with van der Waals surface area (Å²) in [6, 6.07) is 0.259. The Bertz CT molecular complexity index is 271. The van der Waals surface area contributed by atoms with E-state index in [1.807, 2.05) is 0 Å². The van der Waals surface area contributed by atoms with E-state index in [2.05, 4.69) is 13.8 Å². The molecule has 0 heterocycles. The van der Waals surface area contributed by atoms with Gasteiger partial charge in [-0.05, 0) is 44.4 Å². The molecular formula is C18H35NO. The van der Waals surface area contributed by atoms with Crippen LogP contribution in [0, 0.1) is 11.8 Å². The lowest BCUT2D eigenvalue weighted by molar-refractivity contribution is -0.0855. The monoisotopic (exact) mass is 281 g/mol. The van der Waals surface area contributed by atoms with Crippen molar-refractivity contribution in [2.45, 2.75) is 96.1 Å². The Kier molecular flexibility index (Phi) is 6.35. The molecule has 3 unspecified atom stereocenters. The molecule has 3 atom stereocenters. The van der Waals surface area contributed by atoms with Gasteiger partial charge in [-0.1, -0.05) is 51.9 Å². The van der Waals surface area contributed by atoms with E-state index in [-0.39, 0.29) is 11.6 Å². The average molecular weight is 281 g/mol. The number of hydrogen-bond acceptors (Lipinski definition) is 2. The van der Waals surface area contributed by atoms with Gasteiger partial charge in [-0.25, -0.2) is 0 Å². The fourth-order valence-electron chi connectivity index (χ4n) is 4.65. The van der Waals surface area contributed by atoms with Gasteiger partial charge in [0, 0.05) is 12.6 Å². The zero-order chi connectivity index (χ0) is 14.4. The van der Waals surface area contributed by atoms with Crippen LogP contribution < -0.4 is 5.73 Å². The molecule has 0 radical (unpaired) electrons. The maximum Gasteiger partial charge on any atom is 0.0835 e. The SMILES string of the molecule is CCOC1(C(N)C2CCCC(CC)C2)CCCCCC1. The van der Waals surface area contributed by atoms with Crippen LogP contribution in [0.3, 0.4) is 0 Å². The maximum absolute atomic E-state index is 6.81. The van der Waals surface area contributed by atoms with Crippen LogP contribution in [-0.2, 0) is 4.74 Å². The molecule has 0 aliphatic heterocycles. The van der Waals surface area contributed by atoms with Gasteiger partial charge in [0.2, 0.25) is 0 Å². The van der Waals surface area contributed by atoms with Crippen LogP contribution in [-0.4, -0.2) is 18.2 Å². The van der Waals surface area contributed by atoms with Gasteiger partial charge in [0.1, 0.15) is 0 Å². The van der Waals surface area contributed by atoms with Crippen LogP contribution >= 0.6 is 0 Å². The molecule has 0 aromatic carbocycles. The third-order valence-corrected chi connectivity index (χ3v) is 5.90. The highest BCUT2D eigenvalue weighted by Crippen LogP contribution is 2.41. The van der Waals surface area contributed by atoms with E-state index in [0.717, 1.165) is 12.5 Å². The summed E-state index contributed by atoms with van der Waals surface area (Å²) in [6.07, 6.45) is 14.5. The minimum atomic E-state index is -0.00838. The molecule has 2 aliphatic rings. The molecule has 0 spiro atoms. The molecule has 118 valence electrons. The molecule has 2 aliphatic carbocycles. The van der Waals surface area contributed by atoms with Gasteiger partial charge in [0.25, 0.3) is 0 Å². The zero-order valence-electron chi connectivity index (χ0n) is 13.7. The lowest BCUT2D eigenvalue weighted by atomic mass is 9.70. The second-order valence-electron chi connectivity index (χ2n) is 7.14. The Balaban J connectivity index is 2.06. The van der Waals surface area contributed by atoms with Crippen molar-refractivity contribution >= 4 is 0 Å². The molecule has 20 heavy (non-hydrogen) atoms. The van der Waals surface area contributed by atoms with Gasteiger partial charge in [-0.2, -0.15) is 0 Å². The number of ether oxygens (including phenoxy) is 1. The lowest BCUT2D eigenvalue weighted by Gasteiger charge is -2.44. The minimum Gasteiger partial charge on any atom is -0.374 e. The second-order valence-corrected chi connectivity index (χ2v) is 7.14. The summed E-state index contributed by atoms with van der Waals surface area (Å²) in [7, 11) is 0. The van der Waals surface area contributed by atoms with Crippen molar-refractivity contribution in [3.8, 4) is 0 Å². The average Bonchev–Trinajstić information content (AvgIpc) is 2.73. The van der Waals surface area contributed by atoms with Crippen molar-refractivity contribution in [3.05, 3.63) is 0 Å². The molecule has 2 saturated carbocycles. The molecule has 2 rings (SSSR count). The first-order valence-electron chi connectivity index (χ1n) is 9.11. The summed E-state index contributed by atoms with van der Waals surface area (Å²) >= 11 is 0. The van der Waals surface area contributed by atoms with Gasteiger partial charge in [0.15, 0.2) is 0 Å². The van der Waals surface area contributed by atoms with Crippen molar-refractivity contribution in [1.82, 2.24) is 0 Å². The first-order valence-corrected chi connectivity index (χ1v) is 9.11. The third-order valence-electron chi connectivity index (χ3n) is 5.90. The van der Waals surface area contributed by atoms with E-state index < -0.39 is 0 Å². The van der Waals surface area contributed by atoms with Crippen molar-refractivity contribution in [2.75, 3.05) is 6.61 Å². The lowest BCUT2D eigenvalue weighted by Crippen LogP contribution is -2.54. The Labute approximate surface area is 125 Å². The molecule has 0 aromatic rings. The van der Waals surface area contributed by atoms with Gasteiger partial charge >= 0.3 is 0 Å². The standard InChI is InChI=1S/C18H35NO/c1-3-15-10-9-11-16(14-15)17(19)18(20-4-2)12-7-5-6-8-13-18/h15-17H,3-14,19H2,1-2H3. The summed E-state index contributed by atoms with van der Waals surface area (Å²) in [6.45, 7) is 5.29. The van der Waals surface area contributed by atoms with Crippen molar-refractivity contribution in [2.24, 2.45) is 17.6 Å². The molecule has 2 fully saturated rings. The highest BCUT2D eigenvalue weighted by atomic mass is 16.5. The highest BCUT2D eigenvalue weighted by Gasteiger charge is 2.42. The Morgan fingerprint density at radius 3 is 2.35 bits per heavy atom. The van der Waals surface area contributed by atoms with Crippen molar-refractivity contribution in [3.63, 3.8) is 0 Å². The van der Waals surface area contributed by atoms with Crippen LogP contribution in [0.4, 0.5) is 0 Å². The van der Waals surface area contributed by atoms with Crippen LogP contribution in [0.25, 0.3) is 0 Å². The van der Waals surface area contributed by atoms with Crippen LogP contribution in [0.1, 0.15) is 84.5 Å². The summed E-state index contributed by atoms with van der Waals surface area (Å²) in [5.41, 5.74) is 6.80. The van der Waals surface area contributed by atoms with Crippen LogP contribution in [0.2, 0.25) is 0 Å². The molecule has 0 saturated heterocycles. The number of nitrogens with two attached hydrogens (primary N) is 1. The predicted molar refractivity (Wildman–Crippen MR) is 85.8 cm³/mol. The molecule has 2 nitrogen and oxygen atoms in total. The normalized spacial score (nSPS) is 32.5. The van der Waals surface area contributed by atoms with Crippen molar-refractivity contribution in [1.29, 1.82) is 0 Å². The molecule has 0 amide bonds. The van der Waals surface area contributed by atoms with E-state index in [1.165, 1.54) is 70.6 Å². The summed E-state index contributed by atoms with van der Waals surface area (Å²) in [4.78, 5) is 0. The van der Waals surface area contributed by atoms with E-state index in [9.17, 15) is 0 Å². The number of hydrogen-bond donors (Lipinski definition) is 1. The Hall–Kier alpha value is -0.0800. The topological polar surface area (TPSA) is 35.2 Å².